The van der Waals surface area contributed by atoms with Crippen molar-refractivity contribution in [1.29, 1.82) is 0 Å². The lowest BCUT2D eigenvalue weighted by molar-refractivity contribution is 0.286. The molecule has 4 nitrogen and oxygen atoms in total. The summed E-state index contributed by atoms with van der Waals surface area (Å²) in [5.41, 5.74) is 1.03. The largest absolute Gasteiger partial charge is 0.491 e. The van der Waals surface area contributed by atoms with E-state index in [1.54, 1.807) is 0 Å². The molecule has 0 saturated carbocycles. The van der Waals surface area contributed by atoms with Crippen LogP contribution in [0.1, 0.15) is 0 Å². The van der Waals surface area contributed by atoms with Gasteiger partial charge in [0.05, 0.1) is 12.6 Å². The summed E-state index contributed by atoms with van der Waals surface area (Å²) in [7, 11) is 0. The molecule has 102 valence electrons. The molecule has 1 aliphatic heterocycles. The minimum Gasteiger partial charge on any atom is -0.491 e. The number of nitrogens with one attached hydrogen (secondary N) is 2. The van der Waals surface area contributed by atoms with Gasteiger partial charge in [-0.25, -0.2) is 0 Å². The summed E-state index contributed by atoms with van der Waals surface area (Å²) >= 11 is 0. The highest BCUT2D eigenvalue weighted by Gasteiger charge is 2.17. The number of rotatable bonds is 4. The first-order valence-electron chi connectivity index (χ1n) is 6.71. The number of guanidine groups is 1. The Kier molecular flexibility index (Phi) is 3.83. The molecule has 0 amide bonds. The van der Waals surface area contributed by atoms with Gasteiger partial charge in [-0.2, -0.15) is 0 Å². The standard InChI is InChI=1S/C16H17N3O/c1-3-7-13(8-4-1)18-16-17-11-14(19-16)12-20-15-9-5-2-6-10-15/h1-10,14H,11-12H2,(H2,17,18,19). The van der Waals surface area contributed by atoms with Crippen molar-refractivity contribution in [2.24, 2.45) is 4.99 Å². The molecule has 20 heavy (non-hydrogen) atoms. The van der Waals surface area contributed by atoms with Gasteiger partial charge in [-0.1, -0.05) is 36.4 Å². The summed E-state index contributed by atoms with van der Waals surface area (Å²) in [5.74, 6) is 1.69. The van der Waals surface area contributed by atoms with Crippen LogP contribution in [0.5, 0.6) is 5.75 Å². The van der Waals surface area contributed by atoms with Gasteiger partial charge in [0, 0.05) is 5.69 Å². The molecule has 1 atom stereocenters. The quantitative estimate of drug-likeness (QED) is 0.894. The van der Waals surface area contributed by atoms with Crippen molar-refractivity contribution >= 4 is 11.6 Å². The molecule has 0 spiro atoms. The maximum absolute atomic E-state index is 5.72. The molecular weight excluding hydrogens is 250 g/mol. The molecule has 2 aromatic carbocycles. The third-order valence-corrected chi connectivity index (χ3v) is 3.04. The first-order chi connectivity index (χ1) is 9.90. The van der Waals surface area contributed by atoms with Crippen molar-refractivity contribution in [3.8, 4) is 5.75 Å². The summed E-state index contributed by atoms with van der Waals surface area (Å²) in [6, 6.07) is 20.0. The number of ether oxygens (including phenoxy) is 1. The molecule has 0 saturated heterocycles. The van der Waals surface area contributed by atoms with Crippen LogP contribution in [0.25, 0.3) is 0 Å². The van der Waals surface area contributed by atoms with Gasteiger partial charge in [-0.05, 0) is 24.3 Å². The molecule has 2 aromatic rings. The van der Waals surface area contributed by atoms with Crippen molar-refractivity contribution in [2.75, 3.05) is 18.5 Å². The maximum Gasteiger partial charge on any atom is 0.196 e. The zero-order valence-electron chi connectivity index (χ0n) is 11.1. The summed E-state index contributed by atoms with van der Waals surface area (Å²) in [5, 5.41) is 6.58. The lowest BCUT2D eigenvalue weighted by atomic mass is 10.3. The van der Waals surface area contributed by atoms with Gasteiger partial charge < -0.3 is 15.4 Å². The number of hydrogen-bond acceptors (Lipinski definition) is 4. The number of aliphatic imine (C=N–C) groups is 1. The Labute approximate surface area is 118 Å². The van der Waals surface area contributed by atoms with E-state index in [-0.39, 0.29) is 6.04 Å². The topological polar surface area (TPSA) is 45.7 Å². The Hall–Kier alpha value is -2.49. The van der Waals surface area contributed by atoms with Crippen LogP contribution >= 0.6 is 0 Å². The fourth-order valence-corrected chi connectivity index (χ4v) is 2.03. The molecule has 2 N–H and O–H groups in total. The van der Waals surface area contributed by atoms with E-state index in [1.807, 2.05) is 60.7 Å². The van der Waals surface area contributed by atoms with Gasteiger partial charge in [0.2, 0.25) is 0 Å². The Balaban J connectivity index is 1.47. The van der Waals surface area contributed by atoms with E-state index >= 15 is 0 Å². The van der Waals surface area contributed by atoms with Crippen LogP contribution in [0.4, 0.5) is 5.69 Å². The van der Waals surface area contributed by atoms with Crippen molar-refractivity contribution < 1.29 is 4.74 Å². The van der Waals surface area contributed by atoms with Gasteiger partial charge in [0.1, 0.15) is 12.4 Å². The second-order valence-corrected chi connectivity index (χ2v) is 4.65. The van der Waals surface area contributed by atoms with Crippen molar-refractivity contribution in [3.63, 3.8) is 0 Å². The van der Waals surface area contributed by atoms with Crippen LogP contribution in [-0.4, -0.2) is 25.2 Å². The zero-order chi connectivity index (χ0) is 13.6. The van der Waals surface area contributed by atoms with E-state index in [4.69, 9.17) is 4.74 Å². The molecule has 0 fully saturated rings. The lowest BCUT2D eigenvalue weighted by Crippen LogP contribution is -2.38. The highest BCUT2D eigenvalue weighted by molar-refractivity contribution is 5.94. The van der Waals surface area contributed by atoms with Crippen LogP contribution < -0.4 is 15.4 Å². The molecule has 0 radical (unpaired) electrons. The Morgan fingerprint density at radius 2 is 1.75 bits per heavy atom. The van der Waals surface area contributed by atoms with E-state index in [0.717, 1.165) is 23.9 Å². The van der Waals surface area contributed by atoms with Crippen LogP contribution in [0.3, 0.4) is 0 Å². The molecule has 1 unspecified atom stereocenters. The van der Waals surface area contributed by atoms with Gasteiger partial charge >= 0.3 is 0 Å². The first kappa shape index (κ1) is 12.5. The highest BCUT2D eigenvalue weighted by Crippen LogP contribution is 2.10. The minimum atomic E-state index is 0.210. The van der Waals surface area contributed by atoms with Gasteiger partial charge in [-0.15, -0.1) is 0 Å². The second-order valence-electron chi connectivity index (χ2n) is 4.65. The smallest absolute Gasteiger partial charge is 0.196 e. The Bertz CT molecular complexity index is 569. The third-order valence-electron chi connectivity index (χ3n) is 3.04. The number of hydrogen-bond donors (Lipinski definition) is 2. The highest BCUT2D eigenvalue weighted by atomic mass is 16.5. The molecule has 0 aliphatic carbocycles. The number of anilines is 1. The van der Waals surface area contributed by atoms with Gasteiger partial charge in [-0.3, -0.25) is 4.99 Å². The van der Waals surface area contributed by atoms with E-state index in [1.165, 1.54) is 0 Å². The van der Waals surface area contributed by atoms with E-state index in [0.29, 0.717) is 6.61 Å². The maximum atomic E-state index is 5.72. The molecule has 1 aliphatic rings. The lowest BCUT2D eigenvalue weighted by Gasteiger charge is -2.14. The molecular formula is C16H17N3O. The predicted octanol–water partition coefficient (Wildman–Crippen LogP) is 2.51. The third kappa shape index (κ3) is 3.29. The fourth-order valence-electron chi connectivity index (χ4n) is 2.03. The Morgan fingerprint density at radius 1 is 1.05 bits per heavy atom. The summed E-state index contributed by atoms with van der Waals surface area (Å²) in [6.07, 6.45) is 0. The monoisotopic (exact) mass is 267 g/mol. The summed E-state index contributed by atoms with van der Waals surface area (Å²) < 4.78 is 5.72. The average molecular weight is 267 g/mol. The number of benzene rings is 2. The molecule has 1 heterocycles. The van der Waals surface area contributed by atoms with Crippen molar-refractivity contribution in [1.82, 2.24) is 5.32 Å². The minimum absolute atomic E-state index is 0.210. The van der Waals surface area contributed by atoms with Crippen molar-refractivity contribution in [3.05, 3.63) is 60.7 Å². The first-order valence-corrected chi connectivity index (χ1v) is 6.71. The van der Waals surface area contributed by atoms with E-state index < -0.39 is 0 Å². The number of nitrogens with zero attached hydrogens (tertiary/aromatic N) is 1. The second kappa shape index (κ2) is 6.10. The van der Waals surface area contributed by atoms with E-state index in [9.17, 15) is 0 Å². The normalized spacial score (nSPS) is 17.2. The average Bonchev–Trinajstić information content (AvgIpc) is 2.95. The predicted molar refractivity (Wildman–Crippen MR) is 81.2 cm³/mol. The van der Waals surface area contributed by atoms with Crippen LogP contribution in [-0.2, 0) is 0 Å². The molecule has 0 aromatic heterocycles. The van der Waals surface area contributed by atoms with E-state index in [2.05, 4.69) is 15.6 Å². The molecule has 4 heteroatoms. The van der Waals surface area contributed by atoms with Crippen LogP contribution in [0.15, 0.2) is 65.7 Å². The van der Waals surface area contributed by atoms with Crippen LogP contribution in [0.2, 0.25) is 0 Å². The Morgan fingerprint density at radius 3 is 2.50 bits per heavy atom. The van der Waals surface area contributed by atoms with Gasteiger partial charge in [0.15, 0.2) is 5.96 Å². The zero-order valence-corrected chi connectivity index (χ0v) is 11.1. The summed E-state index contributed by atoms with van der Waals surface area (Å²) in [6.45, 7) is 1.33. The number of para-hydroxylation sites is 2. The van der Waals surface area contributed by atoms with Crippen LogP contribution in [0, 0.1) is 0 Å². The fraction of sp³-hybridized carbons (Fsp3) is 0.188. The summed E-state index contributed by atoms with van der Waals surface area (Å²) in [4.78, 5) is 4.44. The molecule has 0 bridgehead atoms. The SMILES string of the molecule is c1ccc(NC2=NCC(COc3ccccc3)N2)cc1. The molecule has 3 rings (SSSR count). The van der Waals surface area contributed by atoms with Gasteiger partial charge in [0.25, 0.3) is 0 Å². The van der Waals surface area contributed by atoms with Crippen molar-refractivity contribution in [2.45, 2.75) is 6.04 Å².